The average molecular weight is 1240 g/mol. The first-order valence-electron chi connectivity index (χ1n) is 33.7. The van der Waals surface area contributed by atoms with Gasteiger partial charge in [0.25, 0.3) is 0 Å². The highest BCUT2D eigenvalue weighted by molar-refractivity contribution is 6.42. The van der Waals surface area contributed by atoms with Crippen LogP contribution in [0.3, 0.4) is 0 Å². The van der Waals surface area contributed by atoms with Gasteiger partial charge in [0.05, 0.1) is 5.69 Å². The van der Waals surface area contributed by atoms with Crippen molar-refractivity contribution in [3.05, 3.63) is 334 Å². The number of benzene rings is 19. The lowest BCUT2D eigenvalue weighted by molar-refractivity contribution is 0.669. The van der Waals surface area contributed by atoms with Crippen LogP contribution in [0.5, 0.6) is 0 Å². The molecule has 0 aliphatic heterocycles. The van der Waals surface area contributed by atoms with Gasteiger partial charge in [-0.1, -0.05) is 255 Å². The van der Waals surface area contributed by atoms with Crippen molar-refractivity contribution in [3.63, 3.8) is 0 Å². The maximum Gasteiger partial charge on any atom is 0.143 e. The molecule has 3 nitrogen and oxygen atoms in total. The molecular weight excluding hydrogens is 1190 g/mol. The molecule has 98 heavy (non-hydrogen) atoms. The lowest BCUT2D eigenvalue weighted by Crippen LogP contribution is -1.92. The van der Waals surface area contributed by atoms with Crippen molar-refractivity contribution in [1.29, 1.82) is 0 Å². The molecule has 3 aromatic heterocycles. The summed E-state index contributed by atoms with van der Waals surface area (Å²) in [7, 11) is 0. The SMILES string of the molecule is c1ccc(-c2cc3c4ccccc4c4cccc5c6cc(-c7cccc(-c8cccc9c8oc8ccccc89)c7)ccc6c(c2)c3c45)cc1.c1ccc(-c2cc3c4ccccc4c4cccc5c6cc(-c7cccc(-c8cccc9c8oc8ccccc89)c7)ccc6c(c2)c3c45)nc1. The molecule has 0 amide bonds. The van der Waals surface area contributed by atoms with Crippen molar-refractivity contribution in [3.8, 4) is 66.9 Å². The molecule has 0 saturated carbocycles. The van der Waals surface area contributed by atoms with Gasteiger partial charge in [-0.05, 0) is 225 Å². The zero-order valence-corrected chi connectivity index (χ0v) is 53.0. The van der Waals surface area contributed by atoms with Crippen LogP contribution in [-0.2, 0) is 0 Å². The number of pyridine rings is 1. The molecule has 22 aromatic rings. The first-order chi connectivity index (χ1) is 48.6. The molecule has 0 aliphatic carbocycles. The van der Waals surface area contributed by atoms with Crippen LogP contribution in [0, 0.1) is 0 Å². The minimum Gasteiger partial charge on any atom is -0.455 e. The summed E-state index contributed by atoms with van der Waals surface area (Å²) in [6.45, 7) is 0. The molecule has 3 heteroatoms. The molecule has 0 spiro atoms. The van der Waals surface area contributed by atoms with Gasteiger partial charge in [0.1, 0.15) is 22.3 Å². The van der Waals surface area contributed by atoms with Gasteiger partial charge in [-0.2, -0.15) is 0 Å². The molecule has 0 aliphatic rings. The van der Waals surface area contributed by atoms with Gasteiger partial charge < -0.3 is 8.83 Å². The van der Waals surface area contributed by atoms with Crippen molar-refractivity contribution in [1.82, 2.24) is 4.98 Å². The summed E-state index contributed by atoms with van der Waals surface area (Å²) in [4.78, 5) is 4.76. The summed E-state index contributed by atoms with van der Waals surface area (Å²) in [6, 6.07) is 119. The lowest BCUT2D eigenvalue weighted by Gasteiger charge is -2.19. The van der Waals surface area contributed by atoms with Gasteiger partial charge in [0.2, 0.25) is 0 Å². The Bertz CT molecular complexity index is 6610. The topological polar surface area (TPSA) is 39.2 Å². The van der Waals surface area contributed by atoms with Crippen LogP contribution in [0.15, 0.2) is 343 Å². The number of fused-ring (bicyclic) bond motifs is 18. The zero-order chi connectivity index (χ0) is 64.1. The van der Waals surface area contributed by atoms with E-state index in [0.717, 1.165) is 77.4 Å². The molecule has 0 saturated heterocycles. The Labute approximate surface area is 562 Å². The summed E-state index contributed by atoms with van der Waals surface area (Å²) in [5, 5.41) is 30.5. The fourth-order valence-electron chi connectivity index (χ4n) is 16.6. The van der Waals surface area contributed by atoms with Crippen LogP contribution in [0.2, 0.25) is 0 Å². The first kappa shape index (κ1) is 54.4. The third-order valence-corrected chi connectivity index (χ3v) is 21.0. The minimum atomic E-state index is 0.916. The van der Waals surface area contributed by atoms with Crippen LogP contribution >= 0.6 is 0 Å². The summed E-state index contributed by atoms with van der Waals surface area (Å²) in [6.07, 6.45) is 1.88. The summed E-state index contributed by atoms with van der Waals surface area (Å²) in [5.74, 6) is 0. The molecule has 3 heterocycles. The van der Waals surface area contributed by atoms with Crippen molar-refractivity contribution < 1.29 is 8.83 Å². The van der Waals surface area contributed by atoms with E-state index >= 15 is 0 Å². The molecule has 0 bridgehead atoms. The van der Waals surface area contributed by atoms with Crippen LogP contribution in [-0.4, -0.2) is 4.98 Å². The van der Waals surface area contributed by atoms with E-state index in [1.807, 2.05) is 36.5 Å². The standard InChI is InChI=1S/C48H28O.C47H27NO/c1-2-11-29(12-3-1)33-27-43-36-16-5-4-15-35(36)39-19-10-20-40-42-26-31(23-24-37(42)44(28-33)47(43)46(39)40)30-13-8-14-32(25-30)34-18-9-21-41-38-17-6-7-22-45(38)49-48(34)41;1-2-13-34-33(12-1)37-16-9-17-38-40-25-29(21-22-35(40)42-27-31(43-19-5-6-23-48-43)26-41(34)46(42)45(37)38)28-10-7-11-30(24-28)32-15-8-18-39-36-14-3-4-20-44(36)49-47(32)39/h1-28H;1-27H. The highest BCUT2D eigenvalue weighted by Crippen LogP contribution is 2.50. The van der Waals surface area contributed by atoms with E-state index in [1.165, 1.54) is 141 Å². The van der Waals surface area contributed by atoms with Crippen LogP contribution in [0.4, 0.5) is 0 Å². The molecule has 452 valence electrons. The van der Waals surface area contributed by atoms with E-state index in [2.05, 4.69) is 297 Å². The van der Waals surface area contributed by atoms with Crippen LogP contribution < -0.4 is 0 Å². The van der Waals surface area contributed by atoms with E-state index in [4.69, 9.17) is 13.8 Å². The second-order valence-corrected chi connectivity index (χ2v) is 26.3. The van der Waals surface area contributed by atoms with Crippen molar-refractivity contribution in [2.45, 2.75) is 0 Å². The second kappa shape index (κ2) is 21.3. The quantitative estimate of drug-likeness (QED) is 0.123. The van der Waals surface area contributed by atoms with Gasteiger partial charge in [0.15, 0.2) is 0 Å². The number of hydrogen-bond donors (Lipinski definition) is 0. The van der Waals surface area contributed by atoms with Crippen LogP contribution in [0.1, 0.15) is 0 Å². The summed E-state index contributed by atoms with van der Waals surface area (Å²) < 4.78 is 12.8. The molecule has 0 unspecified atom stereocenters. The van der Waals surface area contributed by atoms with Gasteiger partial charge >= 0.3 is 0 Å². The third kappa shape index (κ3) is 8.20. The smallest absolute Gasteiger partial charge is 0.143 e. The Morgan fingerprint density at radius 1 is 0.173 bits per heavy atom. The van der Waals surface area contributed by atoms with Gasteiger partial charge in [0, 0.05) is 44.4 Å². The minimum absolute atomic E-state index is 0.916. The Hall–Kier alpha value is -13.0. The average Bonchev–Trinajstić information content (AvgIpc) is 1.03. The highest BCUT2D eigenvalue weighted by atomic mass is 16.3. The number of furan rings is 2. The maximum atomic E-state index is 6.42. The lowest BCUT2D eigenvalue weighted by atomic mass is 9.84. The van der Waals surface area contributed by atoms with Gasteiger partial charge in [-0.3, -0.25) is 4.98 Å². The molecule has 19 aromatic carbocycles. The predicted molar refractivity (Wildman–Crippen MR) is 415 cm³/mol. The van der Waals surface area contributed by atoms with E-state index in [0.29, 0.717) is 0 Å². The molecule has 0 atom stereocenters. The van der Waals surface area contributed by atoms with Gasteiger partial charge in [-0.25, -0.2) is 0 Å². The van der Waals surface area contributed by atoms with E-state index in [9.17, 15) is 0 Å². The van der Waals surface area contributed by atoms with E-state index in [1.54, 1.807) is 0 Å². The number of nitrogens with zero attached hydrogens (tertiary/aromatic N) is 1. The fourth-order valence-corrected chi connectivity index (χ4v) is 16.6. The fraction of sp³-hybridized carbons (Fsp3) is 0. The molecular formula is C95H55NO2. The predicted octanol–water partition coefficient (Wildman–Crippen LogP) is 27.0. The van der Waals surface area contributed by atoms with Gasteiger partial charge in [-0.15, -0.1) is 0 Å². The van der Waals surface area contributed by atoms with E-state index in [-0.39, 0.29) is 0 Å². The number of rotatable bonds is 6. The van der Waals surface area contributed by atoms with Crippen molar-refractivity contribution in [2.24, 2.45) is 0 Å². The van der Waals surface area contributed by atoms with E-state index < -0.39 is 0 Å². The number of aromatic nitrogens is 1. The maximum absolute atomic E-state index is 6.42. The summed E-state index contributed by atoms with van der Waals surface area (Å²) >= 11 is 0. The zero-order valence-electron chi connectivity index (χ0n) is 53.0. The normalized spacial score (nSPS) is 12.1. The summed E-state index contributed by atoms with van der Waals surface area (Å²) in [5.41, 5.74) is 17.6. The number of para-hydroxylation sites is 4. The number of hydrogen-bond acceptors (Lipinski definition) is 3. The molecule has 0 N–H and O–H groups in total. The molecule has 22 rings (SSSR count). The first-order valence-corrected chi connectivity index (χ1v) is 33.7. The monoisotopic (exact) mass is 1240 g/mol. The molecule has 0 radical (unpaired) electrons. The van der Waals surface area contributed by atoms with Crippen molar-refractivity contribution >= 4 is 152 Å². The largest absolute Gasteiger partial charge is 0.455 e. The molecule has 0 fully saturated rings. The Morgan fingerprint density at radius 2 is 0.500 bits per heavy atom. The Morgan fingerprint density at radius 3 is 0.980 bits per heavy atom. The highest BCUT2D eigenvalue weighted by Gasteiger charge is 2.23. The second-order valence-electron chi connectivity index (χ2n) is 26.3. The van der Waals surface area contributed by atoms with Crippen molar-refractivity contribution in [2.75, 3.05) is 0 Å². The Balaban J connectivity index is 0.000000129. The van der Waals surface area contributed by atoms with Crippen LogP contribution in [0.25, 0.3) is 218 Å². The third-order valence-electron chi connectivity index (χ3n) is 21.0. The Kier molecular flexibility index (Phi) is 11.8.